The molecule has 2 heteroatoms. The minimum atomic E-state index is 0.0657. The van der Waals surface area contributed by atoms with Crippen LogP contribution in [0.3, 0.4) is 0 Å². The van der Waals surface area contributed by atoms with Crippen molar-refractivity contribution >= 4 is 11.6 Å². The van der Waals surface area contributed by atoms with Gasteiger partial charge in [0.25, 0.3) is 0 Å². The van der Waals surface area contributed by atoms with E-state index in [1.807, 2.05) is 32.0 Å². The van der Waals surface area contributed by atoms with Crippen molar-refractivity contribution in [2.24, 2.45) is 0 Å². The fourth-order valence-electron chi connectivity index (χ4n) is 1.22. The molecule has 1 atom stereocenters. The molecule has 1 unspecified atom stereocenters. The molecule has 0 N–H and O–H groups in total. The van der Waals surface area contributed by atoms with Crippen molar-refractivity contribution in [1.82, 2.24) is 0 Å². The molecule has 1 rings (SSSR count). The molecule has 0 fully saturated rings. The van der Waals surface area contributed by atoms with Crippen LogP contribution in [-0.4, -0.2) is 7.11 Å². The first-order chi connectivity index (χ1) is 5.65. The van der Waals surface area contributed by atoms with Crippen LogP contribution >= 0.6 is 11.6 Å². The Labute approximate surface area is 78.3 Å². The number of alkyl halides is 1. The number of methoxy groups -OCH3 is 1. The van der Waals surface area contributed by atoms with Gasteiger partial charge in [0, 0.05) is 0 Å². The Morgan fingerprint density at radius 3 is 2.50 bits per heavy atom. The highest BCUT2D eigenvalue weighted by Gasteiger charge is 2.04. The van der Waals surface area contributed by atoms with Crippen LogP contribution < -0.4 is 4.74 Å². The predicted molar refractivity (Wildman–Crippen MR) is 52.0 cm³/mol. The van der Waals surface area contributed by atoms with E-state index in [0.29, 0.717) is 0 Å². The summed E-state index contributed by atoms with van der Waals surface area (Å²) in [6.07, 6.45) is 0. The summed E-state index contributed by atoms with van der Waals surface area (Å²) in [7, 11) is 1.67. The number of hydrogen-bond donors (Lipinski definition) is 0. The second kappa shape index (κ2) is 3.81. The van der Waals surface area contributed by atoms with Gasteiger partial charge < -0.3 is 4.74 Å². The minimum Gasteiger partial charge on any atom is -0.497 e. The Hall–Kier alpha value is -0.690. The molecule has 1 aromatic carbocycles. The first kappa shape index (κ1) is 9.40. The zero-order valence-corrected chi connectivity index (χ0v) is 8.35. The SMILES string of the molecule is COc1ccc(C(C)Cl)c(C)c1. The molecule has 0 aromatic heterocycles. The van der Waals surface area contributed by atoms with Gasteiger partial charge >= 0.3 is 0 Å². The second-order valence-electron chi connectivity index (χ2n) is 2.84. The van der Waals surface area contributed by atoms with Crippen molar-refractivity contribution in [3.8, 4) is 5.75 Å². The monoisotopic (exact) mass is 184 g/mol. The van der Waals surface area contributed by atoms with Gasteiger partial charge in [0.1, 0.15) is 5.75 Å². The van der Waals surface area contributed by atoms with E-state index in [2.05, 4.69) is 0 Å². The smallest absolute Gasteiger partial charge is 0.119 e. The van der Waals surface area contributed by atoms with Crippen LogP contribution in [0.2, 0.25) is 0 Å². The summed E-state index contributed by atoms with van der Waals surface area (Å²) in [6.45, 7) is 4.01. The molecule has 0 spiro atoms. The third kappa shape index (κ3) is 1.92. The maximum atomic E-state index is 5.96. The molecule has 0 bridgehead atoms. The largest absolute Gasteiger partial charge is 0.497 e. The van der Waals surface area contributed by atoms with Crippen molar-refractivity contribution in [3.63, 3.8) is 0 Å². The third-order valence-corrected chi connectivity index (χ3v) is 2.14. The molecular formula is C10H13ClO. The molecule has 0 heterocycles. The summed E-state index contributed by atoms with van der Waals surface area (Å²) >= 11 is 5.96. The maximum absolute atomic E-state index is 5.96. The quantitative estimate of drug-likeness (QED) is 0.641. The Balaban J connectivity index is 3.03. The standard InChI is InChI=1S/C10H13ClO/c1-7-6-9(12-3)4-5-10(7)8(2)11/h4-6,8H,1-3H3. The van der Waals surface area contributed by atoms with Crippen molar-refractivity contribution in [1.29, 1.82) is 0 Å². The Kier molecular flexibility index (Phi) is 2.99. The number of aryl methyl sites for hydroxylation is 1. The summed E-state index contributed by atoms with van der Waals surface area (Å²) < 4.78 is 5.09. The number of benzene rings is 1. The van der Waals surface area contributed by atoms with Crippen LogP contribution in [0.5, 0.6) is 5.75 Å². The average Bonchev–Trinajstić information content (AvgIpc) is 2.03. The zero-order chi connectivity index (χ0) is 9.14. The van der Waals surface area contributed by atoms with Gasteiger partial charge in [0.05, 0.1) is 12.5 Å². The summed E-state index contributed by atoms with van der Waals surface area (Å²) in [4.78, 5) is 0. The van der Waals surface area contributed by atoms with Crippen LogP contribution in [0.15, 0.2) is 18.2 Å². The lowest BCUT2D eigenvalue weighted by atomic mass is 10.1. The van der Waals surface area contributed by atoms with Gasteiger partial charge in [0.15, 0.2) is 0 Å². The molecule has 0 aliphatic heterocycles. The van der Waals surface area contributed by atoms with Crippen molar-refractivity contribution in [2.45, 2.75) is 19.2 Å². The van der Waals surface area contributed by atoms with E-state index in [1.54, 1.807) is 7.11 Å². The van der Waals surface area contributed by atoms with Crippen LogP contribution in [0, 0.1) is 6.92 Å². The minimum absolute atomic E-state index is 0.0657. The van der Waals surface area contributed by atoms with Crippen LogP contribution in [0.25, 0.3) is 0 Å². The fraction of sp³-hybridized carbons (Fsp3) is 0.400. The summed E-state index contributed by atoms with van der Waals surface area (Å²) in [5.74, 6) is 0.883. The topological polar surface area (TPSA) is 9.23 Å². The van der Waals surface area contributed by atoms with Crippen molar-refractivity contribution < 1.29 is 4.74 Å². The van der Waals surface area contributed by atoms with E-state index in [4.69, 9.17) is 16.3 Å². The van der Waals surface area contributed by atoms with E-state index < -0.39 is 0 Å². The molecule has 66 valence electrons. The highest BCUT2D eigenvalue weighted by atomic mass is 35.5. The molecule has 0 saturated heterocycles. The van der Waals surface area contributed by atoms with E-state index in [1.165, 1.54) is 5.56 Å². The molecule has 1 nitrogen and oxygen atoms in total. The highest BCUT2D eigenvalue weighted by Crippen LogP contribution is 2.25. The van der Waals surface area contributed by atoms with E-state index in [9.17, 15) is 0 Å². The molecule has 0 aliphatic carbocycles. The van der Waals surface area contributed by atoms with Gasteiger partial charge in [-0.25, -0.2) is 0 Å². The fourth-order valence-corrected chi connectivity index (χ4v) is 1.47. The summed E-state index contributed by atoms with van der Waals surface area (Å²) in [6, 6.07) is 5.93. The van der Waals surface area contributed by atoms with Gasteiger partial charge in [-0.05, 0) is 37.1 Å². The lowest BCUT2D eigenvalue weighted by molar-refractivity contribution is 0.414. The van der Waals surface area contributed by atoms with Gasteiger partial charge in [0.2, 0.25) is 0 Å². The van der Waals surface area contributed by atoms with E-state index in [-0.39, 0.29) is 5.38 Å². The molecule has 0 amide bonds. The van der Waals surface area contributed by atoms with Crippen LogP contribution in [0.1, 0.15) is 23.4 Å². The third-order valence-electron chi connectivity index (χ3n) is 1.91. The predicted octanol–water partition coefficient (Wildman–Crippen LogP) is 3.30. The lowest BCUT2D eigenvalue weighted by Gasteiger charge is -2.09. The molecule has 0 aliphatic rings. The molecule has 0 radical (unpaired) electrons. The Morgan fingerprint density at radius 1 is 1.42 bits per heavy atom. The van der Waals surface area contributed by atoms with Crippen molar-refractivity contribution in [3.05, 3.63) is 29.3 Å². The molecule has 1 aromatic rings. The number of rotatable bonds is 2. The Bertz CT molecular complexity index is 269. The molecule has 0 saturated carbocycles. The zero-order valence-electron chi connectivity index (χ0n) is 7.60. The van der Waals surface area contributed by atoms with Gasteiger partial charge in [-0.2, -0.15) is 0 Å². The van der Waals surface area contributed by atoms with Gasteiger partial charge in [-0.1, -0.05) is 6.07 Å². The number of halogens is 1. The molecule has 12 heavy (non-hydrogen) atoms. The van der Waals surface area contributed by atoms with Crippen molar-refractivity contribution in [2.75, 3.05) is 7.11 Å². The number of ether oxygens (including phenoxy) is 1. The van der Waals surface area contributed by atoms with E-state index >= 15 is 0 Å². The maximum Gasteiger partial charge on any atom is 0.119 e. The first-order valence-corrected chi connectivity index (χ1v) is 4.37. The van der Waals surface area contributed by atoms with Crippen LogP contribution in [-0.2, 0) is 0 Å². The normalized spacial score (nSPS) is 12.7. The second-order valence-corrected chi connectivity index (χ2v) is 3.49. The summed E-state index contributed by atoms with van der Waals surface area (Å²) in [5, 5.41) is 0.0657. The average molecular weight is 185 g/mol. The van der Waals surface area contributed by atoms with Gasteiger partial charge in [-0.3, -0.25) is 0 Å². The summed E-state index contributed by atoms with van der Waals surface area (Å²) in [5.41, 5.74) is 2.34. The highest BCUT2D eigenvalue weighted by molar-refractivity contribution is 6.20. The number of hydrogen-bond acceptors (Lipinski definition) is 1. The first-order valence-electron chi connectivity index (χ1n) is 3.93. The lowest BCUT2D eigenvalue weighted by Crippen LogP contribution is -1.91. The molecular weight excluding hydrogens is 172 g/mol. The van der Waals surface area contributed by atoms with E-state index in [0.717, 1.165) is 11.3 Å². The Morgan fingerprint density at radius 2 is 2.08 bits per heavy atom. The van der Waals surface area contributed by atoms with Crippen LogP contribution in [0.4, 0.5) is 0 Å². The van der Waals surface area contributed by atoms with Gasteiger partial charge in [-0.15, -0.1) is 11.6 Å².